The Balaban J connectivity index is 2.04. The lowest BCUT2D eigenvalue weighted by Crippen LogP contribution is -2.47. The molecule has 0 aromatic heterocycles. The highest BCUT2D eigenvalue weighted by Crippen LogP contribution is 2.42. The first-order chi connectivity index (χ1) is 6.82. The van der Waals surface area contributed by atoms with Crippen LogP contribution in [0.25, 0.3) is 0 Å². The van der Waals surface area contributed by atoms with Crippen molar-refractivity contribution in [3.8, 4) is 0 Å². The summed E-state index contributed by atoms with van der Waals surface area (Å²) in [7, 11) is 0. The molecular formula is C12H16N2. The van der Waals surface area contributed by atoms with Crippen molar-refractivity contribution in [3.05, 3.63) is 35.4 Å². The van der Waals surface area contributed by atoms with Gasteiger partial charge >= 0.3 is 0 Å². The molecule has 1 spiro atoms. The second-order valence-corrected chi connectivity index (χ2v) is 4.54. The fourth-order valence-electron chi connectivity index (χ4n) is 2.99. The van der Waals surface area contributed by atoms with Crippen LogP contribution < -0.4 is 11.1 Å². The van der Waals surface area contributed by atoms with Crippen LogP contribution in [0.4, 0.5) is 0 Å². The maximum Gasteiger partial charge on any atom is 0.0486 e. The highest BCUT2D eigenvalue weighted by atomic mass is 15.1. The van der Waals surface area contributed by atoms with Gasteiger partial charge in [0.2, 0.25) is 0 Å². The van der Waals surface area contributed by atoms with Crippen molar-refractivity contribution in [2.75, 3.05) is 6.54 Å². The Kier molecular flexibility index (Phi) is 1.70. The van der Waals surface area contributed by atoms with Crippen LogP contribution in [0.3, 0.4) is 0 Å². The molecule has 2 atom stereocenters. The molecule has 0 bridgehead atoms. The van der Waals surface area contributed by atoms with Gasteiger partial charge in [-0.15, -0.1) is 0 Å². The summed E-state index contributed by atoms with van der Waals surface area (Å²) >= 11 is 0. The van der Waals surface area contributed by atoms with Crippen molar-refractivity contribution in [2.24, 2.45) is 5.73 Å². The predicted octanol–water partition coefficient (Wildman–Crippen LogP) is 1.36. The van der Waals surface area contributed by atoms with Crippen LogP contribution in [0.5, 0.6) is 0 Å². The lowest BCUT2D eigenvalue weighted by Gasteiger charge is -2.29. The second kappa shape index (κ2) is 2.81. The van der Waals surface area contributed by atoms with Gasteiger partial charge in [0.1, 0.15) is 0 Å². The van der Waals surface area contributed by atoms with Gasteiger partial charge in [-0.2, -0.15) is 0 Å². The summed E-state index contributed by atoms with van der Waals surface area (Å²) in [5.41, 5.74) is 9.30. The maximum atomic E-state index is 6.32. The monoisotopic (exact) mass is 188 g/mol. The van der Waals surface area contributed by atoms with Gasteiger partial charge in [0.25, 0.3) is 0 Å². The molecule has 1 fully saturated rings. The van der Waals surface area contributed by atoms with E-state index in [-0.39, 0.29) is 11.6 Å². The van der Waals surface area contributed by atoms with E-state index in [9.17, 15) is 0 Å². The first kappa shape index (κ1) is 8.45. The Morgan fingerprint density at radius 3 is 2.93 bits per heavy atom. The largest absolute Gasteiger partial charge is 0.322 e. The molecular weight excluding hydrogens is 172 g/mol. The zero-order chi connectivity index (χ0) is 9.60. The summed E-state index contributed by atoms with van der Waals surface area (Å²) in [6, 6.07) is 8.78. The molecule has 1 aromatic rings. The highest BCUT2D eigenvalue weighted by molar-refractivity contribution is 5.40. The van der Waals surface area contributed by atoms with Crippen LogP contribution in [0, 0.1) is 0 Å². The molecule has 2 aliphatic rings. The number of hydrogen-bond donors (Lipinski definition) is 2. The fourth-order valence-corrected chi connectivity index (χ4v) is 2.99. The topological polar surface area (TPSA) is 38.0 Å². The van der Waals surface area contributed by atoms with Crippen molar-refractivity contribution >= 4 is 0 Å². The van der Waals surface area contributed by atoms with Gasteiger partial charge in [-0.1, -0.05) is 24.3 Å². The summed E-state index contributed by atoms with van der Waals surface area (Å²) in [5, 5.41) is 3.60. The van der Waals surface area contributed by atoms with Gasteiger partial charge < -0.3 is 11.1 Å². The molecule has 1 aromatic carbocycles. The summed E-state index contributed by atoms with van der Waals surface area (Å²) in [5.74, 6) is 0. The number of hydrogen-bond acceptors (Lipinski definition) is 2. The maximum absolute atomic E-state index is 6.32. The third-order valence-corrected chi connectivity index (χ3v) is 3.77. The molecule has 14 heavy (non-hydrogen) atoms. The van der Waals surface area contributed by atoms with Gasteiger partial charge in [-0.05, 0) is 36.9 Å². The van der Waals surface area contributed by atoms with Crippen LogP contribution in [0.1, 0.15) is 30.0 Å². The third kappa shape index (κ3) is 0.983. The number of nitrogens with one attached hydrogen (secondary N) is 1. The van der Waals surface area contributed by atoms with Crippen molar-refractivity contribution in [1.82, 2.24) is 5.32 Å². The normalized spacial score (nSPS) is 35.1. The van der Waals surface area contributed by atoms with Gasteiger partial charge in [-0.3, -0.25) is 0 Å². The average molecular weight is 188 g/mol. The molecule has 1 aliphatic carbocycles. The van der Waals surface area contributed by atoms with E-state index in [1.165, 1.54) is 24.0 Å². The van der Waals surface area contributed by atoms with Crippen molar-refractivity contribution in [1.29, 1.82) is 0 Å². The summed E-state index contributed by atoms with van der Waals surface area (Å²) in [6.45, 7) is 1.13. The number of benzene rings is 1. The Morgan fingerprint density at radius 1 is 1.36 bits per heavy atom. The van der Waals surface area contributed by atoms with Crippen molar-refractivity contribution in [3.63, 3.8) is 0 Å². The molecule has 2 heteroatoms. The SMILES string of the molecule is NC1c2ccccc2CC12CCCN2. The first-order valence-electron chi connectivity index (χ1n) is 5.40. The van der Waals surface area contributed by atoms with E-state index in [0.717, 1.165) is 13.0 Å². The smallest absolute Gasteiger partial charge is 0.0486 e. The molecule has 0 amide bonds. The summed E-state index contributed by atoms with van der Waals surface area (Å²) < 4.78 is 0. The van der Waals surface area contributed by atoms with E-state index in [2.05, 4.69) is 29.6 Å². The fraction of sp³-hybridized carbons (Fsp3) is 0.500. The van der Waals surface area contributed by atoms with E-state index in [1.54, 1.807) is 0 Å². The standard InChI is InChI=1S/C12H16N2/c13-11-10-5-2-1-4-9(10)8-12(11)6-3-7-14-12/h1-2,4-5,11,14H,3,6-8,13H2. The minimum atomic E-state index is 0.184. The predicted molar refractivity (Wildman–Crippen MR) is 57.0 cm³/mol. The average Bonchev–Trinajstić information content (AvgIpc) is 2.77. The zero-order valence-corrected chi connectivity index (χ0v) is 8.29. The molecule has 2 unspecified atom stereocenters. The number of rotatable bonds is 0. The van der Waals surface area contributed by atoms with Crippen LogP contribution in [-0.4, -0.2) is 12.1 Å². The molecule has 0 radical (unpaired) electrons. The molecule has 1 aliphatic heterocycles. The lowest BCUT2D eigenvalue weighted by atomic mass is 9.90. The van der Waals surface area contributed by atoms with Gasteiger partial charge in [0.15, 0.2) is 0 Å². The van der Waals surface area contributed by atoms with Gasteiger partial charge in [0.05, 0.1) is 0 Å². The van der Waals surface area contributed by atoms with Crippen molar-refractivity contribution in [2.45, 2.75) is 30.8 Å². The Morgan fingerprint density at radius 2 is 2.21 bits per heavy atom. The van der Waals surface area contributed by atoms with E-state index in [4.69, 9.17) is 5.73 Å². The second-order valence-electron chi connectivity index (χ2n) is 4.54. The van der Waals surface area contributed by atoms with E-state index in [0.29, 0.717) is 0 Å². The van der Waals surface area contributed by atoms with E-state index >= 15 is 0 Å². The van der Waals surface area contributed by atoms with E-state index < -0.39 is 0 Å². The third-order valence-electron chi connectivity index (χ3n) is 3.77. The summed E-state index contributed by atoms with van der Waals surface area (Å²) in [6.07, 6.45) is 3.61. The molecule has 2 nitrogen and oxygen atoms in total. The molecule has 1 saturated heterocycles. The molecule has 3 N–H and O–H groups in total. The quantitative estimate of drug-likeness (QED) is 0.645. The van der Waals surface area contributed by atoms with Crippen LogP contribution in [-0.2, 0) is 6.42 Å². The first-order valence-corrected chi connectivity index (χ1v) is 5.40. The Bertz CT molecular complexity index is 353. The Labute approximate surface area is 84.5 Å². The van der Waals surface area contributed by atoms with E-state index in [1.807, 2.05) is 0 Å². The molecule has 3 rings (SSSR count). The molecule has 0 saturated carbocycles. The highest BCUT2D eigenvalue weighted by Gasteiger charge is 2.45. The zero-order valence-electron chi connectivity index (χ0n) is 8.29. The van der Waals surface area contributed by atoms with Gasteiger partial charge in [-0.25, -0.2) is 0 Å². The minimum absolute atomic E-state index is 0.184. The van der Waals surface area contributed by atoms with Crippen LogP contribution in [0.15, 0.2) is 24.3 Å². The van der Waals surface area contributed by atoms with Crippen molar-refractivity contribution < 1.29 is 0 Å². The Hall–Kier alpha value is -0.860. The van der Waals surface area contributed by atoms with Gasteiger partial charge in [0, 0.05) is 11.6 Å². The van der Waals surface area contributed by atoms with Crippen LogP contribution in [0.2, 0.25) is 0 Å². The lowest BCUT2D eigenvalue weighted by molar-refractivity contribution is 0.333. The number of fused-ring (bicyclic) bond motifs is 1. The molecule has 1 heterocycles. The number of nitrogens with two attached hydrogens (primary N) is 1. The summed E-state index contributed by atoms with van der Waals surface area (Å²) in [4.78, 5) is 0. The van der Waals surface area contributed by atoms with Crippen LogP contribution >= 0.6 is 0 Å². The molecule has 74 valence electrons. The minimum Gasteiger partial charge on any atom is -0.322 e.